The fraction of sp³-hybridized carbons (Fsp3) is 0.706. The lowest BCUT2D eigenvalue weighted by molar-refractivity contribution is -0.133. The molecule has 1 aliphatic carbocycles. The number of nitrogens with one attached hydrogen (secondary N) is 1. The minimum absolute atomic E-state index is 0.0626. The first-order valence-electron chi connectivity index (χ1n) is 8.02. The molecule has 1 N–H and O–H groups in total. The van der Waals surface area contributed by atoms with Crippen molar-refractivity contribution in [2.75, 3.05) is 0 Å². The average Bonchev–Trinajstić information content (AvgIpc) is 2.96. The average molecular weight is 306 g/mol. The van der Waals surface area contributed by atoms with E-state index < -0.39 is 0 Å². The number of hydrogen-bond donors (Lipinski definition) is 1. The van der Waals surface area contributed by atoms with Crippen molar-refractivity contribution in [3.63, 3.8) is 0 Å². The predicted molar refractivity (Wildman–Crippen MR) is 87.3 cm³/mol. The van der Waals surface area contributed by atoms with Crippen LogP contribution in [0.3, 0.4) is 0 Å². The van der Waals surface area contributed by atoms with E-state index in [1.807, 2.05) is 6.92 Å². The molecular weight excluding hydrogens is 280 g/mol. The van der Waals surface area contributed by atoms with Gasteiger partial charge in [-0.2, -0.15) is 0 Å². The lowest BCUT2D eigenvalue weighted by Crippen LogP contribution is -2.43. The normalized spacial score (nSPS) is 30.1. The molecule has 1 aromatic rings. The standard InChI is InChI=1S/C17H26N2OS/c1-11-5-6-14(21-11)15-18-12(2)16(20)19(15)13-7-9-17(3,4)10-8-13/h5-6,12-13,15,18H,7-10H2,1-4H3. The Bertz CT molecular complexity index is 527. The van der Waals surface area contributed by atoms with Crippen molar-refractivity contribution in [3.8, 4) is 0 Å². The zero-order chi connectivity index (χ0) is 15.2. The molecule has 0 spiro atoms. The Morgan fingerprint density at radius 3 is 2.52 bits per heavy atom. The van der Waals surface area contributed by atoms with Crippen molar-refractivity contribution in [2.45, 2.75) is 71.6 Å². The summed E-state index contributed by atoms with van der Waals surface area (Å²) in [5.41, 5.74) is 0.438. The molecule has 2 heterocycles. The van der Waals surface area contributed by atoms with E-state index in [2.05, 4.69) is 43.1 Å². The SMILES string of the molecule is Cc1ccc(C2NC(C)C(=O)N2C2CCC(C)(C)CC2)s1. The quantitative estimate of drug-likeness (QED) is 0.900. The number of amides is 1. The molecule has 4 heteroatoms. The first-order valence-corrected chi connectivity index (χ1v) is 8.84. The van der Waals surface area contributed by atoms with E-state index >= 15 is 0 Å². The highest BCUT2D eigenvalue weighted by atomic mass is 32.1. The third-order valence-corrected chi connectivity index (χ3v) is 6.10. The molecule has 2 fully saturated rings. The van der Waals surface area contributed by atoms with E-state index in [9.17, 15) is 4.79 Å². The summed E-state index contributed by atoms with van der Waals surface area (Å²) in [6, 6.07) is 4.66. The molecule has 21 heavy (non-hydrogen) atoms. The summed E-state index contributed by atoms with van der Waals surface area (Å²) < 4.78 is 0. The smallest absolute Gasteiger partial charge is 0.241 e. The Morgan fingerprint density at radius 1 is 1.29 bits per heavy atom. The molecule has 1 saturated heterocycles. The fourth-order valence-corrected chi connectivity index (χ4v) is 4.55. The zero-order valence-corrected chi connectivity index (χ0v) is 14.3. The Morgan fingerprint density at radius 2 is 1.95 bits per heavy atom. The molecule has 3 rings (SSSR count). The summed E-state index contributed by atoms with van der Waals surface area (Å²) in [5.74, 6) is 0.274. The third-order valence-electron chi connectivity index (χ3n) is 5.04. The van der Waals surface area contributed by atoms with Crippen molar-refractivity contribution in [2.24, 2.45) is 5.41 Å². The molecule has 0 bridgehead atoms. The van der Waals surface area contributed by atoms with Crippen LogP contribution in [0, 0.1) is 12.3 Å². The van der Waals surface area contributed by atoms with Crippen molar-refractivity contribution < 1.29 is 4.79 Å². The number of rotatable bonds is 2. The van der Waals surface area contributed by atoms with Gasteiger partial charge in [0.05, 0.1) is 6.04 Å². The van der Waals surface area contributed by atoms with Gasteiger partial charge in [-0.1, -0.05) is 13.8 Å². The van der Waals surface area contributed by atoms with E-state index in [-0.39, 0.29) is 18.1 Å². The van der Waals surface area contributed by atoms with Gasteiger partial charge >= 0.3 is 0 Å². The number of hydrogen-bond acceptors (Lipinski definition) is 3. The summed E-state index contributed by atoms with van der Waals surface area (Å²) in [5, 5.41) is 3.49. The van der Waals surface area contributed by atoms with Gasteiger partial charge in [0.15, 0.2) is 0 Å². The monoisotopic (exact) mass is 306 g/mol. The number of carbonyl (C=O) groups excluding carboxylic acids is 1. The fourth-order valence-electron chi connectivity index (χ4n) is 3.61. The molecule has 0 radical (unpaired) electrons. The van der Waals surface area contributed by atoms with Gasteiger partial charge in [0.1, 0.15) is 6.17 Å². The number of aryl methyl sites for hydroxylation is 1. The molecular formula is C17H26N2OS. The Hall–Kier alpha value is -0.870. The largest absolute Gasteiger partial charge is 0.318 e. The summed E-state index contributed by atoms with van der Waals surface area (Å²) >= 11 is 1.80. The van der Waals surface area contributed by atoms with Crippen LogP contribution in [-0.2, 0) is 4.79 Å². The second-order valence-corrected chi connectivity index (χ2v) is 8.70. The van der Waals surface area contributed by atoms with Crippen molar-refractivity contribution in [3.05, 3.63) is 21.9 Å². The van der Waals surface area contributed by atoms with Gasteiger partial charge in [0.25, 0.3) is 0 Å². The maximum Gasteiger partial charge on any atom is 0.241 e. The van der Waals surface area contributed by atoms with E-state index in [0.29, 0.717) is 11.5 Å². The molecule has 2 atom stereocenters. The van der Waals surface area contributed by atoms with Crippen LogP contribution in [0.15, 0.2) is 12.1 Å². The first-order chi connectivity index (χ1) is 9.87. The van der Waals surface area contributed by atoms with Gasteiger partial charge in [0.2, 0.25) is 5.91 Å². The molecule has 1 amide bonds. The Balaban J connectivity index is 1.82. The highest BCUT2D eigenvalue weighted by Crippen LogP contribution is 2.41. The number of carbonyl (C=O) groups is 1. The first kappa shape index (κ1) is 15.0. The molecule has 1 aromatic heterocycles. The van der Waals surface area contributed by atoms with Crippen molar-refractivity contribution >= 4 is 17.2 Å². The molecule has 2 aliphatic rings. The van der Waals surface area contributed by atoms with Gasteiger partial charge in [0, 0.05) is 15.8 Å². The van der Waals surface area contributed by atoms with Gasteiger partial charge in [-0.05, 0) is 57.1 Å². The van der Waals surface area contributed by atoms with E-state index in [1.165, 1.54) is 22.6 Å². The summed E-state index contributed by atoms with van der Waals surface area (Å²) in [7, 11) is 0. The van der Waals surface area contributed by atoms with Gasteiger partial charge in [-0.3, -0.25) is 10.1 Å². The second-order valence-electron chi connectivity index (χ2n) is 7.38. The molecule has 1 aliphatic heterocycles. The number of nitrogens with zero attached hydrogens (tertiary/aromatic N) is 1. The highest BCUT2D eigenvalue weighted by Gasteiger charge is 2.43. The topological polar surface area (TPSA) is 32.3 Å². The Labute approximate surface area is 131 Å². The van der Waals surface area contributed by atoms with Crippen LogP contribution in [-0.4, -0.2) is 22.9 Å². The van der Waals surface area contributed by atoms with Crippen LogP contribution in [0.1, 0.15) is 62.4 Å². The molecule has 1 saturated carbocycles. The van der Waals surface area contributed by atoms with E-state index in [4.69, 9.17) is 0 Å². The zero-order valence-electron chi connectivity index (χ0n) is 13.5. The minimum atomic E-state index is -0.0626. The maximum absolute atomic E-state index is 12.6. The predicted octanol–water partition coefficient (Wildman–Crippen LogP) is 3.84. The van der Waals surface area contributed by atoms with Crippen LogP contribution in [0.2, 0.25) is 0 Å². The summed E-state index contributed by atoms with van der Waals surface area (Å²) in [6.07, 6.45) is 4.78. The second kappa shape index (κ2) is 5.40. The molecule has 0 aromatic carbocycles. The molecule has 2 unspecified atom stereocenters. The van der Waals surface area contributed by atoms with Crippen LogP contribution in [0.4, 0.5) is 0 Å². The van der Waals surface area contributed by atoms with Gasteiger partial charge in [-0.15, -0.1) is 11.3 Å². The van der Waals surface area contributed by atoms with E-state index in [1.54, 1.807) is 11.3 Å². The lowest BCUT2D eigenvalue weighted by Gasteiger charge is -2.40. The third kappa shape index (κ3) is 2.88. The molecule has 116 valence electrons. The van der Waals surface area contributed by atoms with E-state index in [0.717, 1.165) is 12.8 Å². The Kier molecular flexibility index (Phi) is 3.87. The maximum atomic E-state index is 12.6. The van der Waals surface area contributed by atoms with Crippen LogP contribution in [0.5, 0.6) is 0 Å². The van der Waals surface area contributed by atoms with Crippen molar-refractivity contribution in [1.29, 1.82) is 0 Å². The van der Waals surface area contributed by atoms with Gasteiger partial charge < -0.3 is 4.90 Å². The number of thiophene rings is 1. The minimum Gasteiger partial charge on any atom is -0.318 e. The van der Waals surface area contributed by atoms with Crippen molar-refractivity contribution in [1.82, 2.24) is 10.2 Å². The lowest BCUT2D eigenvalue weighted by atomic mass is 9.75. The molecule has 3 nitrogen and oxygen atoms in total. The highest BCUT2D eigenvalue weighted by molar-refractivity contribution is 7.12. The van der Waals surface area contributed by atoms with Gasteiger partial charge in [-0.25, -0.2) is 0 Å². The van der Waals surface area contributed by atoms with Crippen LogP contribution < -0.4 is 5.32 Å². The van der Waals surface area contributed by atoms with Crippen LogP contribution >= 0.6 is 11.3 Å². The van der Waals surface area contributed by atoms with Crippen LogP contribution in [0.25, 0.3) is 0 Å². The summed E-state index contributed by atoms with van der Waals surface area (Å²) in [6.45, 7) is 8.80. The summed E-state index contributed by atoms with van der Waals surface area (Å²) in [4.78, 5) is 17.4.